The molecular formula is C25H23N3. The van der Waals surface area contributed by atoms with Crippen molar-refractivity contribution >= 4 is 27.3 Å². The monoisotopic (exact) mass is 365 g/mol. The quantitative estimate of drug-likeness (QED) is 0.326. The van der Waals surface area contributed by atoms with E-state index in [1.54, 1.807) is 0 Å². The Kier molecular flexibility index (Phi) is 3.57. The molecule has 28 heavy (non-hydrogen) atoms. The third kappa shape index (κ3) is 2.50. The fraction of sp³-hybridized carbons (Fsp3) is 0.200. The second-order valence-electron chi connectivity index (χ2n) is 8.58. The molecule has 0 N–H and O–H groups in total. The predicted molar refractivity (Wildman–Crippen MR) is 117 cm³/mol. The number of aryl methyl sites for hydroxylation is 1. The van der Waals surface area contributed by atoms with Gasteiger partial charge in [-0.05, 0) is 35.4 Å². The molecule has 0 bridgehead atoms. The van der Waals surface area contributed by atoms with Crippen LogP contribution in [0.2, 0.25) is 0 Å². The van der Waals surface area contributed by atoms with Gasteiger partial charge in [0.15, 0.2) is 11.5 Å². The molecular weight excluding hydrogens is 342 g/mol. The molecule has 0 saturated heterocycles. The number of pyridine rings is 1. The summed E-state index contributed by atoms with van der Waals surface area (Å²) in [5.74, 6) is 0.884. The van der Waals surface area contributed by atoms with Crippen LogP contribution < -0.4 is 0 Å². The Morgan fingerprint density at radius 1 is 0.750 bits per heavy atom. The van der Waals surface area contributed by atoms with E-state index in [9.17, 15) is 0 Å². The fourth-order valence-electron chi connectivity index (χ4n) is 3.90. The van der Waals surface area contributed by atoms with Gasteiger partial charge in [-0.1, -0.05) is 80.9 Å². The van der Waals surface area contributed by atoms with Crippen molar-refractivity contribution in [3.63, 3.8) is 0 Å². The van der Waals surface area contributed by atoms with E-state index in [-0.39, 0.29) is 5.41 Å². The highest BCUT2D eigenvalue weighted by Crippen LogP contribution is 2.34. The van der Waals surface area contributed by atoms with Gasteiger partial charge in [-0.25, -0.2) is 0 Å². The van der Waals surface area contributed by atoms with E-state index in [2.05, 4.69) is 109 Å². The highest BCUT2D eigenvalue weighted by atomic mass is 15.2. The predicted octanol–water partition coefficient (Wildman–Crippen LogP) is 6.31. The van der Waals surface area contributed by atoms with Gasteiger partial charge in [0.2, 0.25) is 0 Å². The third-order valence-corrected chi connectivity index (χ3v) is 5.53. The summed E-state index contributed by atoms with van der Waals surface area (Å²) in [6.07, 6.45) is 0. The van der Waals surface area contributed by atoms with Crippen molar-refractivity contribution in [2.75, 3.05) is 0 Å². The van der Waals surface area contributed by atoms with Gasteiger partial charge in [0.25, 0.3) is 0 Å². The van der Waals surface area contributed by atoms with E-state index in [1.165, 1.54) is 21.9 Å². The van der Waals surface area contributed by atoms with Crippen LogP contribution in [0.3, 0.4) is 0 Å². The summed E-state index contributed by atoms with van der Waals surface area (Å²) in [5, 5.41) is 12.8. The lowest BCUT2D eigenvalue weighted by atomic mass is 9.86. The van der Waals surface area contributed by atoms with Gasteiger partial charge < -0.3 is 0 Å². The number of aromatic nitrogens is 3. The minimum atomic E-state index is 0.0945. The van der Waals surface area contributed by atoms with Crippen LogP contribution in [0.5, 0.6) is 0 Å². The molecule has 5 aromatic rings. The van der Waals surface area contributed by atoms with Gasteiger partial charge in [-0.3, -0.25) is 4.40 Å². The molecule has 0 aliphatic rings. The molecule has 3 aromatic carbocycles. The highest BCUT2D eigenvalue weighted by Gasteiger charge is 2.19. The Morgan fingerprint density at radius 2 is 1.46 bits per heavy atom. The number of hydrogen-bond acceptors (Lipinski definition) is 2. The molecule has 0 unspecified atom stereocenters. The molecule has 3 nitrogen and oxygen atoms in total. The highest BCUT2D eigenvalue weighted by molar-refractivity contribution is 6.12. The second-order valence-corrected chi connectivity index (χ2v) is 8.58. The number of nitrogens with zero attached hydrogens (tertiary/aromatic N) is 3. The van der Waals surface area contributed by atoms with Crippen molar-refractivity contribution < 1.29 is 0 Å². The lowest BCUT2D eigenvalue weighted by Gasteiger charge is -2.20. The maximum atomic E-state index is 4.58. The van der Waals surface area contributed by atoms with Gasteiger partial charge >= 0.3 is 0 Å². The fourth-order valence-corrected chi connectivity index (χ4v) is 3.90. The van der Waals surface area contributed by atoms with Crippen LogP contribution in [0.1, 0.15) is 31.9 Å². The summed E-state index contributed by atoms with van der Waals surface area (Å²) in [6, 6.07) is 23.8. The van der Waals surface area contributed by atoms with E-state index in [1.807, 2.05) is 0 Å². The van der Waals surface area contributed by atoms with E-state index in [4.69, 9.17) is 0 Å². The first-order chi connectivity index (χ1) is 13.4. The van der Waals surface area contributed by atoms with Gasteiger partial charge in [0.05, 0.1) is 5.52 Å². The Labute approximate surface area is 164 Å². The van der Waals surface area contributed by atoms with Crippen molar-refractivity contribution in [3.8, 4) is 11.4 Å². The molecule has 3 heteroatoms. The van der Waals surface area contributed by atoms with Crippen LogP contribution in [0.4, 0.5) is 0 Å². The van der Waals surface area contributed by atoms with E-state index in [0.717, 1.165) is 27.9 Å². The van der Waals surface area contributed by atoms with Crippen LogP contribution in [0, 0.1) is 6.92 Å². The van der Waals surface area contributed by atoms with Crippen molar-refractivity contribution in [1.82, 2.24) is 14.6 Å². The first-order valence-corrected chi connectivity index (χ1v) is 9.70. The summed E-state index contributed by atoms with van der Waals surface area (Å²) < 4.78 is 2.20. The summed E-state index contributed by atoms with van der Waals surface area (Å²) in [7, 11) is 0. The molecule has 2 aromatic heterocycles. The normalized spacial score (nSPS) is 12.3. The lowest BCUT2D eigenvalue weighted by molar-refractivity contribution is 0.591. The average molecular weight is 365 g/mol. The molecule has 0 atom stereocenters. The molecule has 0 radical (unpaired) electrons. The maximum absolute atomic E-state index is 4.58. The van der Waals surface area contributed by atoms with E-state index >= 15 is 0 Å². The zero-order valence-electron chi connectivity index (χ0n) is 16.7. The number of rotatable bonds is 1. The van der Waals surface area contributed by atoms with Crippen LogP contribution in [0.25, 0.3) is 38.7 Å². The SMILES string of the molecule is Cc1ccc(-c2nnc3c4ccccc4c4cc(C(C)(C)C)ccc4n23)cc1. The number of fused-ring (bicyclic) bond motifs is 6. The van der Waals surface area contributed by atoms with Crippen LogP contribution >= 0.6 is 0 Å². The summed E-state index contributed by atoms with van der Waals surface area (Å²) in [6.45, 7) is 8.87. The molecule has 138 valence electrons. The van der Waals surface area contributed by atoms with E-state index < -0.39 is 0 Å². The number of benzene rings is 3. The van der Waals surface area contributed by atoms with Crippen molar-refractivity contribution in [2.24, 2.45) is 0 Å². The molecule has 0 spiro atoms. The summed E-state index contributed by atoms with van der Waals surface area (Å²) in [4.78, 5) is 0. The molecule has 5 rings (SSSR count). The molecule has 0 amide bonds. The molecule has 0 aliphatic carbocycles. The van der Waals surface area contributed by atoms with Crippen LogP contribution in [-0.4, -0.2) is 14.6 Å². The van der Waals surface area contributed by atoms with Gasteiger partial charge in [0, 0.05) is 16.3 Å². The van der Waals surface area contributed by atoms with Crippen LogP contribution in [0.15, 0.2) is 66.7 Å². The third-order valence-electron chi connectivity index (χ3n) is 5.53. The zero-order valence-corrected chi connectivity index (χ0v) is 16.7. The first-order valence-electron chi connectivity index (χ1n) is 9.70. The molecule has 0 aliphatic heterocycles. The lowest BCUT2D eigenvalue weighted by Crippen LogP contribution is -2.11. The summed E-state index contributed by atoms with van der Waals surface area (Å²) >= 11 is 0. The van der Waals surface area contributed by atoms with Crippen molar-refractivity contribution in [1.29, 1.82) is 0 Å². The van der Waals surface area contributed by atoms with Gasteiger partial charge in [0.1, 0.15) is 0 Å². The number of hydrogen-bond donors (Lipinski definition) is 0. The molecule has 0 saturated carbocycles. The van der Waals surface area contributed by atoms with Crippen molar-refractivity contribution in [2.45, 2.75) is 33.1 Å². The average Bonchev–Trinajstić information content (AvgIpc) is 3.13. The first kappa shape index (κ1) is 16.9. The minimum Gasteiger partial charge on any atom is -0.274 e. The Hall–Kier alpha value is -3.20. The molecule has 0 fully saturated rings. The minimum absolute atomic E-state index is 0.0945. The Morgan fingerprint density at radius 3 is 2.18 bits per heavy atom. The van der Waals surface area contributed by atoms with Gasteiger partial charge in [-0.2, -0.15) is 0 Å². The molecule has 2 heterocycles. The topological polar surface area (TPSA) is 30.2 Å². The standard InChI is InChI=1S/C25H23N3/c1-16-9-11-17(12-10-16)23-26-27-24-20-8-6-5-7-19(20)21-15-18(25(2,3)4)13-14-22(21)28(23)24/h5-15H,1-4H3. The second kappa shape index (κ2) is 5.90. The van der Waals surface area contributed by atoms with Crippen LogP contribution in [-0.2, 0) is 5.41 Å². The van der Waals surface area contributed by atoms with Crippen molar-refractivity contribution in [3.05, 3.63) is 77.9 Å². The Bertz CT molecular complexity index is 1340. The summed E-state index contributed by atoms with van der Waals surface area (Å²) in [5.41, 5.74) is 5.79. The van der Waals surface area contributed by atoms with Gasteiger partial charge in [-0.15, -0.1) is 10.2 Å². The largest absolute Gasteiger partial charge is 0.274 e. The smallest absolute Gasteiger partial charge is 0.169 e. The van der Waals surface area contributed by atoms with E-state index in [0.29, 0.717) is 0 Å². The Balaban J connectivity index is 1.95. The zero-order chi connectivity index (χ0) is 19.5. The maximum Gasteiger partial charge on any atom is 0.169 e.